The van der Waals surface area contributed by atoms with Gasteiger partial charge in [0.25, 0.3) is 0 Å². The molecule has 1 unspecified atom stereocenters. The molecular weight excluding hydrogens is 254 g/mol. The quantitative estimate of drug-likeness (QED) is 0.769. The van der Waals surface area contributed by atoms with E-state index in [0.29, 0.717) is 36.5 Å². The van der Waals surface area contributed by atoms with Crippen LogP contribution in [0.2, 0.25) is 0 Å². The number of para-hydroxylation sites is 2. The van der Waals surface area contributed by atoms with Gasteiger partial charge in [0.1, 0.15) is 0 Å². The van der Waals surface area contributed by atoms with Gasteiger partial charge in [0, 0.05) is 13.1 Å². The molecule has 1 aromatic carbocycles. The van der Waals surface area contributed by atoms with Gasteiger partial charge < -0.3 is 14.4 Å². The summed E-state index contributed by atoms with van der Waals surface area (Å²) >= 11 is 0. The Balaban J connectivity index is 1.78. The molecule has 4 nitrogen and oxygen atoms in total. The van der Waals surface area contributed by atoms with E-state index in [9.17, 15) is 4.79 Å². The molecule has 4 heteroatoms. The van der Waals surface area contributed by atoms with E-state index in [-0.39, 0.29) is 5.91 Å². The fourth-order valence-corrected chi connectivity index (χ4v) is 2.28. The first kappa shape index (κ1) is 14.7. The third-order valence-corrected chi connectivity index (χ3v) is 3.95. The average Bonchev–Trinajstić information content (AvgIpc) is 3.30. The van der Waals surface area contributed by atoms with Crippen molar-refractivity contribution in [1.82, 2.24) is 4.90 Å². The maximum atomic E-state index is 12.1. The van der Waals surface area contributed by atoms with Crippen molar-refractivity contribution in [3.8, 4) is 11.5 Å². The molecule has 0 bridgehead atoms. The second-order valence-electron chi connectivity index (χ2n) is 5.33. The summed E-state index contributed by atoms with van der Waals surface area (Å²) in [6.45, 7) is 2.50. The van der Waals surface area contributed by atoms with Crippen molar-refractivity contribution < 1.29 is 14.3 Å². The highest BCUT2D eigenvalue weighted by atomic mass is 16.5. The number of nitrogens with zero attached hydrogens (tertiary/aromatic N) is 1. The van der Waals surface area contributed by atoms with Crippen molar-refractivity contribution in [1.29, 1.82) is 0 Å². The van der Waals surface area contributed by atoms with Gasteiger partial charge in [-0.15, -0.1) is 0 Å². The first-order chi connectivity index (χ1) is 9.63. The molecule has 1 aliphatic rings. The molecule has 0 aliphatic heterocycles. The largest absolute Gasteiger partial charge is 0.493 e. The molecule has 0 aromatic heterocycles. The second kappa shape index (κ2) is 6.64. The van der Waals surface area contributed by atoms with Gasteiger partial charge in [-0.3, -0.25) is 4.79 Å². The van der Waals surface area contributed by atoms with Crippen molar-refractivity contribution >= 4 is 5.91 Å². The molecular formula is C16H23NO3. The normalized spacial score (nSPS) is 15.6. The number of ether oxygens (including phenoxy) is 2. The van der Waals surface area contributed by atoms with E-state index < -0.39 is 0 Å². The Bertz CT molecular complexity index is 457. The SMILES string of the molecule is COc1ccccc1OCCC(=O)N(C)C(C)C1CC1. The molecule has 0 saturated heterocycles. The first-order valence-electron chi connectivity index (χ1n) is 7.15. The van der Waals surface area contributed by atoms with E-state index >= 15 is 0 Å². The molecule has 0 spiro atoms. The topological polar surface area (TPSA) is 38.8 Å². The number of amides is 1. The van der Waals surface area contributed by atoms with Crippen LogP contribution >= 0.6 is 0 Å². The Morgan fingerprint density at radius 2 is 2.00 bits per heavy atom. The minimum absolute atomic E-state index is 0.138. The zero-order valence-electron chi connectivity index (χ0n) is 12.5. The van der Waals surface area contributed by atoms with Crippen molar-refractivity contribution in [2.75, 3.05) is 20.8 Å². The van der Waals surface area contributed by atoms with Crippen LogP contribution in [0.5, 0.6) is 11.5 Å². The lowest BCUT2D eigenvalue weighted by Crippen LogP contribution is -2.37. The summed E-state index contributed by atoms with van der Waals surface area (Å²) in [4.78, 5) is 13.9. The van der Waals surface area contributed by atoms with Crippen molar-refractivity contribution in [2.45, 2.75) is 32.2 Å². The second-order valence-corrected chi connectivity index (χ2v) is 5.33. The number of rotatable bonds is 7. The number of methoxy groups -OCH3 is 1. The van der Waals surface area contributed by atoms with Gasteiger partial charge in [-0.25, -0.2) is 0 Å². The summed E-state index contributed by atoms with van der Waals surface area (Å²) in [5, 5.41) is 0. The Morgan fingerprint density at radius 3 is 2.60 bits per heavy atom. The molecule has 1 atom stereocenters. The van der Waals surface area contributed by atoms with Crippen molar-refractivity contribution in [3.05, 3.63) is 24.3 Å². The van der Waals surface area contributed by atoms with E-state index in [1.54, 1.807) is 7.11 Å². The molecule has 0 radical (unpaired) electrons. The third kappa shape index (κ3) is 3.65. The van der Waals surface area contributed by atoms with E-state index in [4.69, 9.17) is 9.47 Å². The summed E-state index contributed by atoms with van der Waals surface area (Å²) in [5.74, 6) is 2.21. The van der Waals surface area contributed by atoms with Gasteiger partial charge in [0.2, 0.25) is 5.91 Å². The van der Waals surface area contributed by atoms with Crippen molar-refractivity contribution in [2.24, 2.45) is 5.92 Å². The molecule has 1 fully saturated rings. The highest BCUT2D eigenvalue weighted by Crippen LogP contribution is 2.34. The van der Waals surface area contributed by atoms with Gasteiger partial charge in [0.15, 0.2) is 11.5 Å². The number of carbonyl (C=O) groups is 1. The van der Waals surface area contributed by atoms with Gasteiger partial charge >= 0.3 is 0 Å². The number of benzene rings is 1. The summed E-state index contributed by atoms with van der Waals surface area (Å²) in [6, 6.07) is 7.81. The van der Waals surface area contributed by atoms with Gasteiger partial charge in [-0.05, 0) is 37.8 Å². The lowest BCUT2D eigenvalue weighted by molar-refractivity contribution is -0.132. The van der Waals surface area contributed by atoms with E-state index in [1.807, 2.05) is 36.2 Å². The van der Waals surface area contributed by atoms with Crippen LogP contribution in [0, 0.1) is 5.92 Å². The zero-order chi connectivity index (χ0) is 14.5. The van der Waals surface area contributed by atoms with Crippen LogP contribution in [0.15, 0.2) is 24.3 Å². The maximum absolute atomic E-state index is 12.1. The third-order valence-electron chi connectivity index (χ3n) is 3.95. The highest BCUT2D eigenvalue weighted by molar-refractivity contribution is 5.76. The minimum atomic E-state index is 0.138. The summed E-state index contributed by atoms with van der Waals surface area (Å²) < 4.78 is 10.8. The summed E-state index contributed by atoms with van der Waals surface area (Å²) in [5.41, 5.74) is 0. The van der Waals surface area contributed by atoms with Crippen LogP contribution in [-0.4, -0.2) is 37.6 Å². The Hall–Kier alpha value is -1.71. The van der Waals surface area contributed by atoms with Gasteiger partial charge in [0.05, 0.1) is 20.1 Å². The molecule has 0 N–H and O–H groups in total. The predicted molar refractivity (Wildman–Crippen MR) is 78.1 cm³/mol. The minimum Gasteiger partial charge on any atom is -0.493 e. The molecule has 1 amide bonds. The lowest BCUT2D eigenvalue weighted by Gasteiger charge is -2.25. The highest BCUT2D eigenvalue weighted by Gasteiger charge is 2.32. The lowest BCUT2D eigenvalue weighted by atomic mass is 10.2. The zero-order valence-corrected chi connectivity index (χ0v) is 12.5. The van der Waals surface area contributed by atoms with Crippen LogP contribution in [0.3, 0.4) is 0 Å². The van der Waals surface area contributed by atoms with E-state index in [2.05, 4.69) is 6.92 Å². The molecule has 1 saturated carbocycles. The number of carbonyl (C=O) groups excluding carboxylic acids is 1. The number of hydrogen-bond acceptors (Lipinski definition) is 3. The molecule has 0 heterocycles. The smallest absolute Gasteiger partial charge is 0.225 e. The summed E-state index contributed by atoms with van der Waals surface area (Å²) in [7, 11) is 3.49. The van der Waals surface area contributed by atoms with Crippen LogP contribution in [0.1, 0.15) is 26.2 Å². The maximum Gasteiger partial charge on any atom is 0.225 e. The Labute approximate surface area is 120 Å². The van der Waals surface area contributed by atoms with Crippen LogP contribution in [0.4, 0.5) is 0 Å². The van der Waals surface area contributed by atoms with Crippen LogP contribution in [0.25, 0.3) is 0 Å². The van der Waals surface area contributed by atoms with E-state index in [0.717, 1.165) is 0 Å². The van der Waals surface area contributed by atoms with Crippen molar-refractivity contribution in [3.63, 3.8) is 0 Å². The average molecular weight is 277 g/mol. The Kier molecular flexibility index (Phi) is 4.88. The van der Waals surface area contributed by atoms with Gasteiger partial charge in [-0.2, -0.15) is 0 Å². The van der Waals surface area contributed by atoms with Crippen LogP contribution < -0.4 is 9.47 Å². The molecule has 1 aliphatic carbocycles. The first-order valence-corrected chi connectivity index (χ1v) is 7.15. The monoisotopic (exact) mass is 277 g/mol. The number of hydrogen-bond donors (Lipinski definition) is 0. The Morgan fingerprint density at radius 1 is 1.35 bits per heavy atom. The predicted octanol–water partition coefficient (Wildman–Crippen LogP) is 2.72. The fraction of sp³-hybridized carbons (Fsp3) is 0.562. The molecule has 110 valence electrons. The van der Waals surface area contributed by atoms with Gasteiger partial charge in [-0.1, -0.05) is 12.1 Å². The molecule has 20 heavy (non-hydrogen) atoms. The standard InChI is InChI=1S/C16H23NO3/c1-12(13-8-9-13)17(2)16(18)10-11-20-15-7-5-4-6-14(15)19-3/h4-7,12-13H,8-11H2,1-3H3. The van der Waals surface area contributed by atoms with E-state index in [1.165, 1.54) is 12.8 Å². The molecule has 2 rings (SSSR count). The summed E-state index contributed by atoms with van der Waals surface area (Å²) in [6.07, 6.45) is 2.89. The van der Waals surface area contributed by atoms with Crippen LogP contribution in [-0.2, 0) is 4.79 Å². The fourth-order valence-electron chi connectivity index (χ4n) is 2.28. The molecule has 1 aromatic rings.